The molecule has 3 amide bonds. The van der Waals surface area contributed by atoms with Gasteiger partial charge in [0.15, 0.2) is 0 Å². The number of rotatable bonds is 8. The maximum Gasteiger partial charge on any atom is 0.414 e. The van der Waals surface area contributed by atoms with Gasteiger partial charge in [-0.1, -0.05) is 24.3 Å². The van der Waals surface area contributed by atoms with Gasteiger partial charge in [-0.05, 0) is 65.1 Å². The lowest BCUT2D eigenvalue weighted by molar-refractivity contribution is -0.120. The fourth-order valence-electron chi connectivity index (χ4n) is 7.03. The number of imide groups is 1. The molecule has 2 aromatic heterocycles. The molecule has 0 aliphatic carbocycles. The molecule has 2 N–H and O–H groups in total. The third-order valence-corrected chi connectivity index (χ3v) is 9.51. The predicted octanol–water partition coefficient (Wildman–Crippen LogP) is 3.74. The molecule has 1 unspecified atom stereocenters. The van der Waals surface area contributed by atoms with Crippen LogP contribution in [0.4, 0.5) is 21.2 Å². The number of hydrogen-bond acceptors (Lipinski definition) is 12. The van der Waals surface area contributed by atoms with Crippen LogP contribution in [-0.2, 0) is 28.9 Å². The molecular formula is C36H45N9O6. The van der Waals surface area contributed by atoms with Crippen molar-refractivity contribution in [2.24, 2.45) is 0 Å². The summed E-state index contributed by atoms with van der Waals surface area (Å²) in [6, 6.07) is 11.9. The van der Waals surface area contributed by atoms with Gasteiger partial charge in [0.05, 0.1) is 42.9 Å². The largest absolute Gasteiger partial charge is 0.465 e. The van der Waals surface area contributed by atoms with Crippen molar-refractivity contribution in [3.05, 3.63) is 47.3 Å². The predicted molar refractivity (Wildman–Crippen MR) is 189 cm³/mol. The van der Waals surface area contributed by atoms with E-state index in [1.165, 1.54) is 4.90 Å². The van der Waals surface area contributed by atoms with E-state index in [0.29, 0.717) is 56.5 Å². The number of anilines is 2. The van der Waals surface area contributed by atoms with Crippen LogP contribution in [0.5, 0.6) is 6.01 Å². The number of likely N-dealkylation sites (tertiary alicyclic amines) is 1. The highest BCUT2D eigenvalue weighted by atomic mass is 16.6. The molecule has 5 heterocycles. The molecule has 0 spiro atoms. The molecule has 270 valence electrons. The van der Waals surface area contributed by atoms with Gasteiger partial charge < -0.3 is 34.2 Å². The molecule has 3 aliphatic rings. The van der Waals surface area contributed by atoms with E-state index in [4.69, 9.17) is 24.4 Å². The zero-order valence-corrected chi connectivity index (χ0v) is 29.6. The van der Waals surface area contributed by atoms with Crippen molar-refractivity contribution in [1.29, 1.82) is 5.26 Å². The molecule has 2 atom stereocenters. The Morgan fingerprint density at radius 3 is 2.57 bits per heavy atom. The minimum atomic E-state index is -1.04. The highest BCUT2D eigenvalue weighted by Crippen LogP contribution is 2.34. The first-order valence-corrected chi connectivity index (χ1v) is 17.4. The topological polar surface area (TPSA) is 177 Å². The maximum atomic E-state index is 12.9. The molecule has 15 heteroatoms. The number of carboxylic acid groups (broad SMARTS) is 1. The van der Waals surface area contributed by atoms with Crippen molar-refractivity contribution < 1.29 is 29.0 Å². The summed E-state index contributed by atoms with van der Waals surface area (Å²) in [5, 5.41) is 23.4. The fourth-order valence-corrected chi connectivity index (χ4v) is 7.03. The molecule has 2 fully saturated rings. The van der Waals surface area contributed by atoms with Crippen LogP contribution in [0.2, 0.25) is 0 Å². The number of aromatic nitrogens is 3. The standard InChI is InChI=1S/C36H45N9O6/c1-36(2,3)51-34(47)40-30(46)19-24-18-23-8-5-6-10-27(23)31(38-24)43-15-12-28-29(21-43)39-33(50-22-26-9-7-14-42(26)4)41-32(28)44-16-17-45(35(48)49)25(20-44)11-13-37/h5-6,8,10,18,25-26H,7,9,11-12,14-17,19-22H2,1-4H3,(H,48,49)(H,40,46,47)/t25?,26-/m0/s1. The average molecular weight is 700 g/mol. The molecule has 0 saturated carbocycles. The maximum absolute atomic E-state index is 12.9. The SMILES string of the molecule is CN1CCC[C@H]1COc1nc2c(c(N3CCN(C(=O)O)C(CC#N)C3)n1)CCN(c1nc(CC(=O)NC(=O)OC(C)(C)C)cc3ccccc13)C2. The number of piperazine rings is 1. The Balaban J connectivity index is 1.30. The summed E-state index contributed by atoms with van der Waals surface area (Å²) in [5.41, 5.74) is 1.49. The summed E-state index contributed by atoms with van der Waals surface area (Å²) in [5.74, 6) is 0.873. The van der Waals surface area contributed by atoms with Gasteiger partial charge >= 0.3 is 18.2 Å². The molecule has 6 rings (SSSR count). The van der Waals surface area contributed by atoms with Crippen molar-refractivity contribution in [3.8, 4) is 12.1 Å². The molecular weight excluding hydrogens is 654 g/mol. The summed E-state index contributed by atoms with van der Waals surface area (Å²) in [6.45, 7) is 8.62. The summed E-state index contributed by atoms with van der Waals surface area (Å²) in [4.78, 5) is 59.6. The lowest BCUT2D eigenvalue weighted by Gasteiger charge is -2.41. The number of benzene rings is 1. The van der Waals surface area contributed by atoms with Gasteiger partial charge in [0.2, 0.25) is 5.91 Å². The van der Waals surface area contributed by atoms with E-state index < -0.39 is 29.7 Å². The van der Waals surface area contributed by atoms with E-state index in [-0.39, 0.29) is 31.4 Å². The van der Waals surface area contributed by atoms with Gasteiger partial charge in [0.1, 0.15) is 23.8 Å². The average Bonchev–Trinajstić information content (AvgIpc) is 3.49. The lowest BCUT2D eigenvalue weighted by atomic mass is 10.0. The normalized spacial score (nSPS) is 19.4. The van der Waals surface area contributed by atoms with Gasteiger partial charge in [-0.2, -0.15) is 15.2 Å². The summed E-state index contributed by atoms with van der Waals surface area (Å²) in [7, 11) is 2.09. The van der Waals surface area contributed by atoms with Crippen LogP contribution >= 0.6 is 0 Å². The number of ether oxygens (including phenoxy) is 2. The Labute approximate surface area is 297 Å². The van der Waals surface area contributed by atoms with Crippen LogP contribution in [0.25, 0.3) is 10.8 Å². The van der Waals surface area contributed by atoms with Gasteiger partial charge in [-0.25, -0.2) is 14.6 Å². The first kappa shape index (κ1) is 35.6. The molecule has 15 nitrogen and oxygen atoms in total. The second kappa shape index (κ2) is 14.9. The van der Waals surface area contributed by atoms with Gasteiger partial charge in [0.25, 0.3) is 0 Å². The van der Waals surface area contributed by atoms with Crippen molar-refractivity contribution in [2.45, 2.75) is 77.1 Å². The van der Waals surface area contributed by atoms with Crippen LogP contribution in [0, 0.1) is 11.3 Å². The second-order valence-corrected chi connectivity index (χ2v) is 14.3. The van der Waals surface area contributed by atoms with Gasteiger partial charge in [0, 0.05) is 43.2 Å². The van der Waals surface area contributed by atoms with E-state index in [1.807, 2.05) is 30.3 Å². The van der Waals surface area contributed by atoms with E-state index in [1.54, 1.807) is 20.8 Å². The van der Waals surface area contributed by atoms with E-state index in [9.17, 15) is 24.8 Å². The summed E-state index contributed by atoms with van der Waals surface area (Å²) >= 11 is 0. The number of carbonyl (C=O) groups is 3. The van der Waals surface area contributed by atoms with Crippen molar-refractivity contribution in [1.82, 2.24) is 30.1 Å². The van der Waals surface area contributed by atoms with Crippen molar-refractivity contribution in [2.75, 3.05) is 56.2 Å². The summed E-state index contributed by atoms with van der Waals surface area (Å²) in [6.07, 6.45) is 0.825. The number of amides is 3. The lowest BCUT2D eigenvalue weighted by Crippen LogP contribution is -2.55. The number of fused-ring (bicyclic) bond motifs is 2. The van der Waals surface area contributed by atoms with E-state index >= 15 is 0 Å². The van der Waals surface area contributed by atoms with Crippen molar-refractivity contribution >= 4 is 40.5 Å². The second-order valence-electron chi connectivity index (χ2n) is 14.3. The smallest absolute Gasteiger partial charge is 0.414 e. The van der Waals surface area contributed by atoms with Crippen LogP contribution < -0.4 is 19.9 Å². The first-order chi connectivity index (χ1) is 24.4. The molecule has 3 aliphatic heterocycles. The summed E-state index contributed by atoms with van der Waals surface area (Å²) < 4.78 is 11.5. The number of nitriles is 1. The van der Waals surface area contributed by atoms with Crippen molar-refractivity contribution in [3.63, 3.8) is 0 Å². The van der Waals surface area contributed by atoms with Crippen LogP contribution in [0.3, 0.4) is 0 Å². The van der Waals surface area contributed by atoms with E-state index in [2.05, 4.69) is 33.1 Å². The Kier molecular flexibility index (Phi) is 10.4. The fraction of sp³-hybridized carbons (Fsp3) is 0.528. The molecule has 1 aromatic carbocycles. The molecule has 51 heavy (non-hydrogen) atoms. The highest BCUT2D eigenvalue weighted by molar-refractivity contribution is 5.95. The first-order valence-electron chi connectivity index (χ1n) is 17.4. The molecule has 3 aromatic rings. The van der Waals surface area contributed by atoms with Crippen LogP contribution in [0.1, 0.15) is 57.0 Å². The Hall–Kier alpha value is -5.23. The zero-order chi connectivity index (χ0) is 36.3. The molecule has 0 bridgehead atoms. The Morgan fingerprint density at radius 1 is 1.04 bits per heavy atom. The van der Waals surface area contributed by atoms with Crippen LogP contribution in [-0.4, -0.2) is 112 Å². The number of pyridine rings is 1. The minimum absolute atomic E-state index is 0.0755. The molecule has 2 saturated heterocycles. The monoisotopic (exact) mass is 699 g/mol. The van der Waals surface area contributed by atoms with Crippen LogP contribution in [0.15, 0.2) is 30.3 Å². The zero-order valence-electron chi connectivity index (χ0n) is 29.6. The molecule has 0 radical (unpaired) electrons. The third kappa shape index (κ3) is 8.39. The number of nitrogens with one attached hydrogen (secondary N) is 1. The number of likely N-dealkylation sites (N-methyl/N-ethyl adjacent to an activating group) is 1. The Morgan fingerprint density at radius 2 is 1.84 bits per heavy atom. The number of alkyl carbamates (subject to hydrolysis) is 1. The Bertz CT molecular complexity index is 1840. The number of nitrogens with zero attached hydrogens (tertiary/aromatic N) is 8. The highest BCUT2D eigenvalue weighted by Gasteiger charge is 2.34. The van der Waals surface area contributed by atoms with E-state index in [0.717, 1.165) is 41.4 Å². The van der Waals surface area contributed by atoms with Gasteiger partial charge in [-0.3, -0.25) is 10.1 Å². The number of carbonyl (C=O) groups excluding carboxylic acids is 2. The number of hydrogen-bond donors (Lipinski definition) is 2. The third-order valence-electron chi connectivity index (χ3n) is 9.51. The quantitative estimate of drug-likeness (QED) is 0.348. The van der Waals surface area contributed by atoms with Gasteiger partial charge in [-0.15, -0.1) is 0 Å². The minimum Gasteiger partial charge on any atom is -0.465 e.